The van der Waals surface area contributed by atoms with E-state index in [-0.39, 0.29) is 11.9 Å². The number of rotatable bonds is 5. The van der Waals surface area contributed by atoms with Crippen molar-refractivity contribution >= 4 is 5.91 Å². The number of methoxy groups -OCH3 is 3. The molecule has 1 N–H and O–H groups in total. The second kappa shape index (κ2) is 6.67. The zero-order valence-corrected chi connectivity index (χ0v) is 12.9. The third-order valence-corrected chi connectivity index (χ3v) is 3.81. The van der Waals surface area contributed by atoms with Crippen molar-refractivity contribution in [3.63, 3.8) is 0 Å². The number of carbonyl (C=O) groups excluding carboxylic acids is 1. The van der Waals surface area contributed by atoms with E-state index in [4.69, 9.17) is 14.2 Å². The molecule has 0 radical (unpaired) electrons. The molecule has 1 aliphatic heterocycles. The van der Waals surface area contributed by atoms with Gasteiger partial charge in [0.05, 0.1) is 21.3 Å². The first kappa shape index (κ1) is 15.4. The van der Waals surface area contributed by atoms with Gasteiger partial charge in [0.2, 0.25) is 5.75 Å². The standard InChI is InChI=1S/C15H22N2O4/c1-17(11-5-6-16-9-11)15(18)10-7-12(19-2)14(21-4)13(8-10)20-3/h7-8,11,16H,5-6,9H2,1-4H3. The largest absolute Gasteiger partial charge is 0.493 e. The van der Waals surface area contributed by atoms with E-state index in [2.05, 4.69) is 5.32 Å². The van der Waals surface area contributed by atoms with Crippen LogP contribution in [-0.4, -0.2) is 58.3 Å². The Labute approximate surface area is 125 Å². The lowest BCUT2D eigenvalue weighted by Gasteiger charge is -2.24. The molecule has 1 aromatic rings. The average molecular weight is 294 g/mol. The summed E-state index contributed by atoms with van der Waals surface area (Å²) in [6.07, 6.45) is 0.965. The first-order chi connectivity index (χ1) is 10.1. The van der Waals surface area contributed by atoms with Gasteiger partial charge in [-0.2, -0.15) is 0 Å². The zero-order chi connectivity index (χ0) is 15.4. The molecule has 0 saturated carbocycles. The first-order valence-corrected chi connectivity index (χ1v) is 6.90. The topological polar surface area (TPSA) is 60.0 Å². The number of hydrogen-bond acceptors (Lipinski definition) is 5. The smallest absolute Gasteiger partial charge is 0.254 e. The lowest BCUT2D eigenvalue weighted by atomic mass is 10.1. The minimum Gasteiger partial charge on any atom is -0.493 e. The molecular weight excluding hydrogens is 272 g/mol. The van der Waals surface area contributed by atoms with Gasteiger partial charge in [0.1, 0.15) is 0 Å². The average Bonchev–Trinajstić information content (AvgIpc) is 3.06. The van der Waals surface area contributed by atoms with Gasteiger partial charge in [0.25, 0.3) is 5.91 Å². The number of likely N-dealkylation sites (N-methyl/N-ethyl adjacent to an activating group) is 1. The number of ether oxygens (including phenoxy) is 3. The van der Waals surface area contributed by atoms with Crippen molar-refractivity contribution in [1.82, 2.24) is 10.2 Å². The summed E-state index contributed by atoms with van der Waals surface area (Å²) in [5, 5.41) is 3.26. The number of amides is 1. The number of benzene rings is 1. The number of hydrogen-bond donors (Lipinski definition) is 1. The van der Waals surface area contributed by atoms with Crippen LogP contribution in [0, 0.1) is 0 Å². The number of nitrogens with zero attached hydrogens (tertiary/aromatic N) is 1. The lowest BCUT2D eigenvalue weighted by Crippen LogP contribution is -2.38. The lowest BCUT2D eigenvalue weighted by molar-refractivity contribution is 0.0743. The molecule has 1 heterocycles. The zero-order valence-electron chi connectivity index (χ0n) is 12.9. The van der Waals surface area contributed by atoms with Crippen molar-refractivity contribution in [2.45, 2.75) is 12.5 Å². The molecule has 1 unspecified atom stereocenters. The van der Waals surface area contributed by atoms with Crippen LogP contribution in [0.1, 0.15) is 16.8 Å². The van der Waals surface area contributed by atoms with Crippen LogP contribution in [0.2, 0.25) is 0 Å². The summed E-state index contributed by atoms with van der Waals surface area (Å²) in [6.45, 7) is 1.77. The fraction of sp³-hybridized carbons (Fsp3) is 0.533. The van der Waals surface area contributed by atoms with Gasteiger partial charge in [0, 0.05) is 25.2 Å². The Kier molecular flexibility index (Phi) is 4.90. The fourth-order valence-corrected chi connectivity index (χ4v) is 2.54. The van der Waals surface area contributed by atoms with Crippen molar-refractivity contribution in [1.29, 1.82) is 0 Å². The quantitative estimate of drug-likeness (QED) is 0.882. The predicted molar refractivity (Wildman–Crippen MR) is 79.5 cm³/mol. The van der Waals surface area contributed by atoms with E-state index in [0.717, 1.165) is 19.5 Å². The maximum Gasteiger partial charge on any atom is 0.254 e. The molecule has 1 aliphatic rings. The summed E-state index contributed by atoms with van der Waals surface area (Å²) in [7, 11) is 6.44. The van der Waals surface area contributed by atoms with Gasteiger partial charge in [-0.05, 0) is 25.1 Å². The van der Waals surface area contributed by atoms with Crippen LogP contribution in [0.25, 0.3) is 0 Å². The predicted octanol–water partition coefficient (Wildman–Crippen LogP) is 1.15. The highest BCUT2D eigenvalue weighted by Gasteiger charge is 2.26. The van der Waals surface area contributed by atoms with E-state index < -0.39 is 0 Å². The van der Waals surface area contributed by atoms with Crippen LogP contribution in [-0.2, 0) is 0 Å². The van der Waals surface area contributed by atoms with E-state index in [1.165, 1.54) is 21.3 Å². The molecule has 1 saturated heterocycles. The molecular formula is C15H22N2O4. The van der Waals surface area contributed by atoms with Crippen LogP contribution in [0.4, 0.5) is 0 Å². The van der Waals surface area contributed by atoms with Gasteiger partial charge < -0.3 is 24.4 Å². The van der Waals surface area contributed by atoms with Gasteiger partial charge in [-0.25, -0.2) is 0 Å². The summed E-state index contributed by atoms with van der Waals surface area (Å²) < 4.78 is 15.8. The van der Waals surface area contributed by atoms with Crippen LogP contribution in [0.15, 0.2) is 12.1 Å². The van der Waals surface area contributed by atoms with Crippen LogP contribution < -0.4 is 19.5 Å². The third kappa shape index (κ3) is 3.05. The summed E-state index contributed by atoms with van der Waals surface area (Å²) in [5.41, 5.74) is 0.527. The molecule has 2 rings (SSSR count). The van der Waals surface area contributed by atoms with Gasteiger partial charge in [-0.1, -0.05) is 0 Å². The SMILES string of the molecule is COc1cc(C(=O)N(C)C2CCNC2)cc(OC)c1OC. The van der Waals surface area contributed by atoms with E-state index in [0.29, 0.717) is 22.8 Å². The van der Waals surface area contributed by atoms with Crippen molar-refractivity contribution in [2.75, 3.05) is 41.5 Å². The normalized spacial score (nSPS) is 17.4. The van der Waals surface area contributed by atoms with Gasteiger partial charge in [0.15, 0.2) is 11.5 Å². The molecule has 6 heteroatoms. The van der Waals surface area contributed by atoms with Crippen LogP contribution in [0.3, 0.4) is 0 Å². The molecule has 0 bridgehead atoms. The van der Waals surface area contributed by atoms with Gasteiger partial charge >= 0.3 is 0 Å². The van der Waals surface area contributed by atoms with E-state index in [1.807, 2.05) is 7.05 Å². The molecule has 1 atom stereocenters. The highest BCUT2D eigenvalue weighted by Crippen LogP contribution is 2.38. The molecule has 1 fully saturated rings. The molecule has 0 aromatic heterocycles. The summed E-state index contributed by atoms with van der Waals surface area (Å²) in [4.78, 5) is 14.4. The maximum atomic E-state index is 12.6. The molecule has 6 nitrogen and oxygen atoms in total. The van der Waals surface area contributed by atoms with Gasteiger partial charge in [-0.15, -0.1) is 0 Å². The molecule has 21 heavy (non-hydrogen) atoms. The highest BCUT2D eigenvalue weighted by molar-refractivity contribution is 5.95. The number of nitrogens with one attached hydrogen (secondary N) is 1. The van der Waals surface area contributed by atoms with Crippen molar-refractivity contribution in [3.05, 3.63) is 17.7 Å². The first-order valence-electron chi connectivity index (χ1n) is 6.90. The second-order valence-electron chi connectivity index (χ2n) is 4.98. The Morgan fingerprint density at radius 2 is 1.81 bits per heavy atom. The monoisotopic (exact) mass is 294 g/mol. The Balaban J connectivity index is 2.32. The Bertz CT molecular complexity index is 487. The van der Waals surface area contributed by atoms with Crippen LogP contribution in [0.5, 0.6) is 17.2 Å². The van der Waals surface area contributed by atoms with Crippen molar-refractivity contribution in [3.8, 4) is 17.2 Å². The van der Waals surface area contributed by atoms with Crippen LogP contribution >= 0.6 is 0 Å². The van der Waals surface area contributed by atoms with E-state index >= 15 is 0 Å². The molecule has 116 valence electrons. The Morgan fingerprint density at radius 3 is 2.24 bits per heavy atom. The summed E-state index contributed by atoms with van der Waals surface area (Å²) in [6, 6.07) is 3.59. The van der Waals surface area contributed by atoms with E-state index in [9.17, 15) is 4.79 Å². The van der Waals surface area contributed by atoms with E-state index in [1.54, 1.807) is 17.0 Å². The third-order valence-electron chi connectivity index (χ3n) is 3.81. The maximum absolute atomic E-state index is 12.6. The van der Waals surface area contributed by atoms with Gasteiger partial charge in [-0.3, -0.25) is 4.79 Å². The second-order valence-corrected chi connectivity index (χ2v) is 4.98. The molecule has 0 aliphatic carbocycles. The number of carbonyl (C=O) groups is 1. The minimum absolute atomic E-state index is 0.0528. The minimum atomic E-state index is -0.0528. The Morgan fingerprint density at radius 1 is 1.19 bits per heavy atom. The summed E-state index contributed by atoms with van der Waals surface area (Å²) in [5.74, 6) is 1.40. The Hall–Kier alpha value is -1.95. The molecule has 1 amide bonds. The summed E-state index contributed by atoms with van der Waals surface area (Å²) >= 11 is 0. The van der Waals surface area contributed by atoms with Crippen molar-refractivity contribution in [2.24, 2.45) is 0 Å². The fourth-order valence-electron chi connectivity index (χ4n) is 2.54. The molecule has 1 aromatic carbocycles. The highest BCUT2D eigenvalue weighted by atomic mass is 16.5. The van der Waals surface area contributed by atoms with Crippen molar-refractivity contribution < 1.29 is 19.0 Å². The molecule has 0 spiro atoms.